The predicted octanol–water partition coefficient (Wildman–Crippen LogP) is 5.52. The van der Waals surface area contributed by atoms with Crippen LogP contribution in [0.3, 0.4) is 0 Å². The fraction of sp³-hybridized carbons (Fsp3) is 0.818. The Labute approximate surface area is 160 Å². The van der Waals surface area contributed by atoms with E-state index in [4.69, 9.17) is 4.74 Å². The van der Waals surface area contributed by atoms with Gasteiger partial charge in [-0.15, -0.1) is 0 Å². The summed E-state index contributed by atoms with van der Waals surface area (Å²) in [5.41, 5.74) is 0. The number of Topliss-reactive ketones (excluding diaryl/α,β-unsaturated/α-hetero) is 1. The number of aliphatic hydroxyl groups excluding tert-OH is 1. The fourth-order valence-corrected chi connectivity index (χ4v) is 3.10. The lowest BCUT2D eigenvalue weighted by molar-refractivity contribution is -0.149. The van der Waals surface area contributed by atoms with Crippen LogP contribution < -0.4 is 0 Å². The molecule has 0 saturated heterocycles. The average molecular weight is 369 g/mol. The van der Waals surface area contributed by atoms with Crippen molar-refractivity contribution in [3.05, 3.63) is 12.7 Å². The van der Waals surface area contributed by atoms with E-state index in [1.54, 1.807) is 6.92 Å². The number of hydrogen-bond acceptors (Lipinski definition) is 4. The van der Waals surface area contributed by atoms with Crippen molar-refractivity contribution in [2.24, 2.45) is 0 Å². The van der Waals surface area contributed by atoms with Gasteiger partial charge in [0.25, 0.3) is 0 Å². The van der Waals surface area contributed by atoms with Crippen LogP contribution in [-0.2, 0) is 14.3 Å². The van der Waals surface area contributed by atoms with Gasteiger partial charge in [0.05, 0.1) is 6.10 Å². The first kappa shape index (κ1) is 24.8. The van der Waals surface area contributed by atoms with Crippen LogP contribution in [0.5, 0.6) is 0 Å². The van der Waals surface area contributed by atoms with Gasteiger partial charge in [0, 0.05) is 12.5 Å². The largest absolute Gasteiger partial charge is 0.456 e. The molecule has 0 bridgehead atoms. The van der Waals surface area contributed by atoms with Crippen molar-refractivity contribution >= 4 is 11.8 Å². The van der Waals surface area contributed by atoms with E-state index < -0.39 is 18.2 Å². The summed E-state index contributed by atoms with van der Waals surface area (Å²) in [6.07, 6.45) is 14.2. The molecule has 0 heterocycles. The molecule has 2 atom stereocenters. The summed E-state index contributed by atoms with van der Waals surface area (Å²) in [6, 6.07) is 0. The van der Waals surface area contributed by atoms with E-state index in [0.29, 0.717) is 19.3 Å². The van der Waals surface area contributed by atoms with E-state index in [1.807, 2.05) is 0 Å². The van der Waals surface area contributed by atoms with E-state index >= 15 is 0 Å². The summed E-state index contributed by atoms with van der Waals surface area (Å²) < 4.78 is 5.37. The number of carbonyl (C=O) groups excluding carboxylic acids is 2. The van der Waals surface area contributed by atoms with Crippen molar-refractivity contribution in [2.45, 2.75) is 116 Å². The lowest BCUT2D eigenvalue weighted by Crippen LogP contribution is -2.31. The van der Waals surface area contributed by atoms with Gasteiger partial charge < -0.3 is 14.6 Å². The Bertz CT molecular complexity index is 378. The Kier molecular flexibility index (Phi) is 16.5. The summed E-state index contributed by atoms with van der Waals surface area (Å²) >= 11 is 0. The first-order valence-corrected chi connectivity index (χ1v) is 10.5. The van der Waals surface area contributed by atoms with Gasteiger partial charge in [-0.05, 0) is 32.6 Å². The van der Waals surface area contributed by atoms with E-state index in [9.17, 15) is 14.7 Å². The summed E-state index contributed by atoms with van der Waals surface area (Å²) in [6.45, 7) is 7.27. The molecular formula is C22H40O4. The zero-order valence-corrected chi connectivity index (χ0v) is 17.0. The van der Waals surface area contributed by atoms with Crippen LogP contribution in [0, 0.1) is 0 Å². The second kappa shape index (κ2) is 17.3. The highest BCUT2D eigenvalue weighted by atomic mass is 16.6. The highest BCUT2D eigenvalue weighted by Gasteiger charge is 2.21. The molecule has 152 valence electrons. The van der Waals surface area contributed by atoms with Crippen molar-refractivity contribution in [2.75, 3.05) is 0 Å². The van der Waals surface area contributed by atoms with Gasteiger partial charge in [-0.3, -0.25) is 0 Å². The maximum Gasteiger partial charge on any atom is 0.330 e. The molecule has 0 spiro atoms. The Balaban J connectivity index is 4.01. The first-order chi connectivity index (χ1) is 12.5. The molecule has 0 aliphatic heterocycles. The normalized spacial score (nSPS) is 13.2. The van der Waals surface area contributed by atoms with E-state index in [-0.39, 0.29) is 5.78 Å². The standard InChI is InChI=1S/C22H40O4/c1-4-6-7-8-12-15-18-21(26-22(25)5-2)20(24)17-14-11-9-10-13-16-19(3)23/h5,20-21,24H,2,4,6-18H2,1,3H3. The van der Waals surface area contributed by atoms with Crippen molar-refractivity contribution in [3.63, 3.8) is 0 Å². The van der Waals surface area contributed by atoms with Gasteiger partial charge in [-0.2, -0.15) is 0 Å². The smallest absolute Gasteiger partial charge is 0.330 e. The van der Waals surface area contributed by atoms with Crippen LogP contribution in [0.1, 0.15) is 104 Å². The number of unbranched alkanes of at least 4 members (excludes halogenated alkanes) is 9. The summed E-state index contributed by atoms with van der Waals surface area (Å²) in [4.78, 5) is 22.4. The molecule has 0 rings (SSSR count). The van der Waals surface area contributed by atoms with Crippen LogP contribution in [0.2, 0.25) is 0 Å². The number of hydrogen-bond donors (Lipinski definition) is 1. The second-order valence-corrected chi connectivity index (χ2v) is 7.31. The molecule has 4 nitrogen and oxygen atoms in total. The monoisotopic (exact) mass is 368 g/mol. The molecule has 0 saturated carbocycles. The van der Waals surface area contributed by atoms with E-state index in [0.717, 1.165) is 51.0 Å². The minimum atomic E-state index is -0.605. The molecule has 1 N–H and O–H groups in total. The zero-order valence-electron chi connectivity index (χ0n) is 17.0. The zero-order chi connectivity index (χ0) is 19.6. The minimum absolute atomic E-state index is 0.252. The highest BCUT2D eigenvalue weighted by molar-refractivity contribution is 5.81. The van der Waals surface area contributed by atoms with Crippen molar-refractivity contribution in [1.82, 2.24) is 0 Å². The van der Waals surface area contributed by atoms with E-state index in [1.165, 1.54) is 25.7 Å². The maximum absolute atomic E-state index is 11.5. The Hall–Kier alpha value is -1.16. The van der Waals surface area contributed by atoms with Crippen LogP contribution in [0.15, 0.2) is 12.7 Å². The van der Waals surface area contributed by atoms with Gasteiger partial charge in [-0.25, -0.2) is 4.79 Å². The molecule has 0 fully saturated rings. The lowest BCUT2D eigenvalue weighted by Gasteiger charge is -2.23. The molecule has 0 radical (unpaired) electrons. The SMILES string of the molecule is C=CC(=O)OC(CCCCCCCC)C(O)CCCCCCCC(C)=O. The second-order valence-electron chi connectivity index (χ2n) is 7.31. The maximum atomic E-state index is 11.5. The Morgan fingerprint density at radius 2 is 1.46 bits per heavy atom. The molecule has 0 aromatic carbocycles. The molecule has 2 unspecified atom stereocenters. The third-order valence-corrected chi connectivity index (χ3v) is 4.73. The number of rotatable bonds is 18. The lowest BCUT2D eigenvalue weighted by atomic mass is 9.99. The molecule has 0 aliphatic carbocycles. The number of ether oxygens (including phenoxy) is 1. The summed E-state index contributed by atoms with van der Waals surface area (Å²) in [5, 5.41) is 10.4. The Morgan fingerprint density at radius 1 is 0.923 bits per heavy atom. The van der Waals surface area contributed by atoms with Crippen LogP contribution in [0.4, 0.5) is 0 Å². The Morgan fingerprint density at radius 3 is 2.04 bits per heavy atom. The number of aliphatic hydroxyl groups is 1. The van der Waals surface area contributed by atoms with Gasteiger partial charge >= 0.3 is 5.97 Å². The van der Waals surface area contributed by atoms with Crippen molar-refractivity contribution in [1.29, 1.82) is 0 Å². The van der Waals surface area contributed by atoms with Gasteiger partial charge in [0.1, 0.15) is 11.9 Å². The first-order valence-electron chi connectivity index (χ1n) is 10.5. The third kappa shape index (κ3) is 15.1. The summed E-state index contributed by atoms with van der Waals surface area (Å²) in [7, 11) is 0. The topological polar surface area (TPSA) is 63.6 Å². The van der Waals surface area contributed by atoms with Crippen LogP contribution >= 0.6 is 0 Å². The predicted molar refractivity (Wildman–Crippen MR) is 107 cm³/mol. The van der Waals surface area contributed by atoms with Crippen LogP contribution in [0.25, 0.3) is 0 Å². The number of carbonyl (C=O) groups is 2. The molecule has 0 amide bonds. The molecule has 4 heteroatoms. The minimum Gasteiger partial charge on any atom is -0.456 e. The molecule has 26 heavy (non-hydrogen) atoms. The van der Waals surface area contributed by atoms with Crippen molar-refractivity contribution < 1.29 is 19.4 Å². The molecule has 0 aromatic rings. The van der Waals surface area contributed by atoms with E-state index in [2.05, 4.69) is 13.5 Å². The van der Waals surface area contributed by atoms with Crippen LogP contribution in [-0.4, -0.2) is 29.1 Å². The van der Waals surface area contributed by atoms with Gasteiger partial charge in [0.2, 0.25) is 0 Å². The van der Waals surface area contributed by atoms with Gasteiger partial charge in [-0.1, -0.05) is 71.3 Å². The quantitative estimate of drug-likeness (QED) is 0.197. The van der Waals surface area contributed by atoms with Crippen molar-refractivity contribution in [3.8, 4) is 0 Å². The highest BCUT2D eigenvalue weighted by Crippen LogP contribution is 2.18. The molecule has 0 aromatic heterocycles. The summed E-state index contributed by atoms with van der Waals surface area (Å²) in [5.74, 6) is -0.203. The third-order valence-electron chi connectivity index (χ3n) is 4.73. The molecular weight excluding hydrogens is 328 g/mol. The molecule has 0 aliphatic rings. The average Bonchev–Trinajstić information content (AvgIpc) is 2.62. The fourth-order valence-electron chi connectivity index (χ4n) is 3.10. The number of esters is 1. The van der Waals surface area contributed by atoms with Gasteiger partial charge in [0.15, 0.2) is 0 Å². The number of ketones is 1.